The molecule has 2 fully saturated rings. The van der Waals surface area contributed by atoms with E-state index >= 15 is 0 Å². The molecule has 1 amide bonds. The first-order chi connectivity index (χ1) is 7.25. The number of nitrogens with zero attached hydrogens (tertiary/aromatic N) is 1. The van der Waals surface area contributed by atoms with Gasteiger partial charge in [0.25, 0.3) is 0 Å². The highest BCUT2D eigenvalue weighted by atomic mass is 16.3. The highest BCUT2D eigenvalue weighted by molar-refractivity contribution is 5.77. The molecule has 86 valence electrons. The molecule has 1 saturated heterocycles. The molecule has 1 heterocycles. The fourth-order valence-electron chi connectivity index (χ4n) is 2.60. The number of hydrogen-bond acceptors (Lipinski definition) is 2. The molecule has 0 unspecified atom stereocenters. The second-order valence-corrected chi connectivity index (χ2v) is 5.01. The van der Waals surface area contributed by atoms with Crippen molar-refractivity contribution in [3.8, 4) is 0 Å². The minimum atomic E-state index is -0.261. The van der Waals surface area contributed by atoms with Crippen molar-refractivity contribution in [3.63, 3.8) is 0 Å². The Kier molecular flexibility index (Phi) is 3.62. The van der Waals surface area contributed by atoms with Crippen molar-refractivity contribution in [2.45, 2.75) is 51.0 Å². The van der Waals surface area contributed by atoms with E-state index in [1.54, 1.807) is 4.90 Å². The van der Waals surface area contributed by atoms with Gasteiger partial charge < -0.3 is 10.0 Å². The highest BCUT2D eigenvalue weighted by Crippen LogP contribution is 2.26. The first-order valence-electron chi connectivity index (χ1n) is 6.21. The molecule has 0 aromatic rings. The fourth-order valence-corrected chi connectivity index (χ4v) is 2.60. The summed E-state index contributed by atoms with van der Waals surface area (Å²) >= 11 is 0. The first kappa shape index (κ1) is 10.9. The maximum atomic E-state index is 11.8. The molecule has 0 radical (unpaired) electrons. The van der Waals surface area contributed by atoms with E-state index in [0.717, 1.165) is 0 Å². The normalized spacial score (nSPS) is 24.7. The van der Waals surface area contributed by atoms with Crippen LogP contribution >= 0.6 is 0 Å². The van der Waals surface area contributed by atoms with Crippen molar-refractivity contribution in [2.75, 3.05) is 13.1 Å². The van der Waals surface area contributed by atoms with Crippen LogP contribution in [0.3, 0.4) is 0 Å². The minimum absolute atomic E-state index is 0.257. The van der Waals surface area contributed by atoms with E-state index in [4.69, 9.17) is 5.11 Å². The van der Waals surface area contributed by atoms with Crippen molar-refractivity contribution in [2.24, 2.45) is 5.92 Å². The number of carbonyl (C=O) groups excluding carboxylic acids is 1. The number of likely N-dealkylation sites (tertiary alicyclic amines) is 1. The van der Waals surface area contributed by atoms with Crippen LogP contribution in [-0.4, -0.2) is 35.1 Å². The van der Waals surface area contributed by atoms with Crippen LogP contribution in [0.25, 0.3) is 0 Å². The van der Waals surface area contributed by atoms with E-state index < -0.39 is 0 Å². The zero-order valence-electron chi connectivity index (χ0n) is 9.32. The maximum Gasteiger partial charge on any atom is 0.223 e. The Hall–Kier alpha value is -0.570. The van der Waals surface area contributed by atoms with Gasteiger partial charge in [0.05, 0.1) is 6.10 Å². The van der Waals surface area contributed by atoms with Gasteiger partial charge in [-0.2, -0.15) is 0 Å². The molecular weight excluding hydrogens is 190 g/mol. The van der Waals surface area contributed by atoms with Crippen molar-refractivity contribution in [3.05, 3.63) is 0 Å². The molecule has 15 heavy (non-hydrogen) atoms. The number of aliphatic hydroxyl groups excluding tert-OH is 1. The largest absolute Gasteiger partial charge is 0.389 e. The summed E-state index contributed by atoms with van der Waals surface area (Å²) in [4.78, 5) is 13.6. The lowest BCUT2D eigenvalue weighted by Crippen LogP contribution is -2.53. The smallest absolute Gasteiger partial charge is 0.223 e. The van der Waals surface area contributed by atoms with E-state index in [1.807, 2.05) is 0 Å². The standard InChI is InChI=1S/C12H21NO2/c14-11-8-13(9-11)12(15)7-10-5-3-1-2-4-6-10/h10-11,14H,1-9H2. The lowest BCUT2D eigenvalue weighted by Gasteiger charge is -2.36. The van der Waals surface area contributed by atoms with Gasteiger partial charge in [0.2, 0.25) is 5.91 Å². The Morgan fingerprint density at radius 3 is 2.27 bits per heavy atom. The van der Waals surface area contributed by atoms with Crippen molar-refractivity contribution >= 4 is 5.91 Å². The van der Waals surface area contributed by atoms with Crippen molar-refractivity contribution in [1.29, 1.82) is 0 Å². The van der Waals surface area contributed by atoms with Gasteiger partial charge in [-0.15, -0.1) is 0 Å². The maximum absolute atomic E-state index is 11.8. The predicted octanol–water partition coefficient (Wildman–Crippen LogP) is 1.55. The molecule has 2 rings (SSSR count). The topological polar surface area (TPSA) is 40.5 Å². The minimum Gasteiger partial charge on any atom is -0.389 e. The third-order valence-corrected chi connectivity index (χ3v) is 3.65. The van der Waals surface area contributed by atoms with E-state index in [1.165, 1.54) is 38.5 Å². The number of rotatable bonds is 2. The Morgan fingerprint density at radius 2 is 1.73 bits per heavy atom. The Bertz CT molecular complexity index is 216. The quantitative estimate of drug-likeness (QED) is 0.704. The fraction of sp³-hybridized carbons (Fsp3) is 0.917. The van der Waals surface area contributed by atoms with Crippen molar-refractivity contribution in [1.82, 2.24) is 4.90 Å². The van der Waals surface area contributed by atoms with Crippen LogP contribution in [0.5, 0.6) is 0 Å². The van der Waals surface area contributed by atoms with Gasteiger partial charge in [-0.05, 0) is 18.8 Å². The van der Waals surface area contributed by atoms with Crippen LogP contribution in [0.1, 0.15) is 44.9 Å². The molecule has 3 nitrogen and oxygen atoms in total. The molecule has 1 saturated carbocycles. The van der Waals surface area contributed by atoms with E-state index in [0.29, 0.717) is 25.4 Å². The molecule has 0 spiro atoms. The SMILES string of the molecule is O=C(CC1CCCCCC1)N1CC(O)C1. The predicted molar refractivity (Wildman–Crippen MR) is 58.4 cm³/mol. The molecule has 0 bridgehead atoms. The molecular formula is C12H21NO2. The number of hydrogen-bond donors (Lipinski definition) is 1. The molecule has 1 aliphatic heterocycles. The Labute approximate surface area is 91.5 Å². The van der Waals surface area contributed by atoms with Gasteiger partial charge in [0.1, 0.15) is 0 Å². The average Bonchev–Trinajstić information content (AvgIpc) is 2.41. The second-order valence-electron chi connectivity index (χ2n) is 5.01. The van der Waals surface area contributed by atoms with Gasteiger partial charge >= 0.3 is 0 Å². The van der Waals surface area contributed by atoms with Crippen LogP contribution in [0.15, 0.2) is 0 Å². The van der Waals surface area contributed by atoms with E-state index in [2.05, 4.69) is 0 Å². The highest BCUT2D eigenvalue weighted by Gasteiger charge is 2.29. The van der Waals surface area contributed by atoms with Gasteiger partial charge in [0, 0.05) is 19.5 Å². The summed E-state index contributed by atoms with van der Waals surface area (Å²) in [7, 11) is 0. The third kappa shape index (κ3) is 2.94. The lowest BCUT2D eigenvalue weighted by atomic mass is 9.95. The Morgan fingerprint density at radius 1 is 1.13 bits per heavy atom. The third-order valence-electron chi connectivity index (χ3n) is 3.65. The molecule has 2 aliphatic rings. The van der Waals surface area contributed by atoms with Crippen LogP contribution in [0.2, 0.25) is 0 Å². The summed E-state index contributed by atoms with van der Waals surface area (Å²) in [5.74, 6) is 0.866. The summed E-state index contributed by atoms with van der Waals surface area (Å²) in [5.41, 5.74) is 0. The monoisotopic (exact) mass is 211 g/mol. The van der Waals surface area contributed by atoms with Crippen molar-refractivity contribution < 1.29 is 9.90 Å². The number of β-amino-alcohol motifs (C(OH)–C–C–N with tert-alkyl or cyclic N) is 1. The van der Waals surface area contributed by atoms with Crippen LogP contribution in [0.4, 0.5) is 0 Å². The summed E-state index contributed by atoms with van der Waals surface area (Å²) in [6.45, 7) is 1.12. The van der Waals surface area contributed by atoms with Gasteiger partial charge in [-0.1, -0.05) is 25.7 Å². The summed E-state index contributed by atoms with van der Waals surface area (Å²) in [6.07, 6.45) is 8.17. The summed E-state index contributed by atoms with van der Waals surface area (Å²) in [6, 6.07) is 0. The van der Waals surface area contributed by atoms with Gasteiger partial charge in [-0.3, -0.25) is 4.79 Å². The molecule has 3 heteroatoms. The van der Waals surface area contributed by atoms with Gasteiger partial charge in [0.15, 0.2) is 0 Å². The molecule has 0 atom stereocenters. The van der Waals surface area contributed by atoms with Crippen LogP contribution < -0.4 is 0 Å². The lowest BCUT2D eigenvalue weighted by molar-refractivity contribution is -0.142. The summed E-state index contributed by atoms with van der Waals surface area (Å²) in [5, 5.41) is 9.12. The van der Waals surface area contributed by atoms with E-state index in [-0.39, 0.29) is 12.0 Å². The zero-order valence-corrected chi connectivity index (χ0v) is 9.32. The van der Waals surface area contributed by atoms with Gasteiger partial charge in [-0.25, -0.2) is 0 Å². The molecule has 1 N–H and O–H groups in total. The summed E-state index contributed by atoms with van der Waals surface area (Å²) < 4.78 is 0. The molecule has 0 aromatic heterocycles. The number of aliphatic hydroxyl groups is 1. The van der Waals surface area contributed by atoms with E-state index in [9.17, 15) is 4.79 Å². The Balaban J connectivity index is 1.72. The molecule has 1 aliphatic carbocycles. The first-order valence-corrected chi connectivity index (χ1v) is 6.21. The van der Waals surface area contributed by atoms with Crippen LogP contribution in [-0.2, 0) is 4.79 Å². The number of carbonyl (C=O) groups is 1. The second kappa shape index (κ2) is 4.97. The average molecular weight is 211 g/mol. The zero-order chi connectivity index (χ0) is 10.7. The van der Waals surface area contributed by atoms with Crippen LogP contribution in [0, 0.1) is 5.92 Å². The number of amides is 1. The molecule has 0 aromatic carbocycles.